The molecule has 0 saturated carbocycles. The minimum atomic E-state index is -0.533. The van der Waals surface area contributed by atoms with Crippen molar-refractivity contribution in [2.24, 2.45) is 0 Å². The van der Waals surface area contributed by atoms with Gasteiger partial charge in [-0.2, -0.15) is 0 Å². The van der Waals surface area contributed by atoms with E-state index >= 15 is 0 Å². The van der Waals surface area contributed by atoms with Crippen LogP contribution in [0, 0.1) is 0 Å². The van der Waals surface area contributed by atoms with Crippen LogP contribution in [0.2, 0.25) is 0 Å². The topological polar surface area (TPSA) is 44.0 Å². The van der Waals surface area contributed by atoms with Crippen LogP contribution in [-0.2, 0) is 13.1 Å². The lowest BCUT2D eigenvalue weighted by Crippen LogP contribution is -2.40. The second kappa shape index (κ2) is 4.41. The zero-order valence-electron chi connectivity index (χ0n) is 7.85. The molecule has 0 spiro atoms. The first-order valence-corrected chi connectivity index (χ1v) is 4.22. The second-order valence-corrected chi connectivity index (χ2v) is 2.79. The standard InChI is InChI=1S/C10H12N2O2/c1-3-5-11-7-8-12(6-4-2)10(14)9(11)13/h3-4,7-8H,1-2,5-6H2. The Balaban J connectivity index is 3.26. The SMILES string of the molecule is C=CCn1ccn(CC=C)c(=O)c1=O. The van der Waals surface area contributed by atoms with Crippen molar-refractivity contribution < 1.29 is 0 Å². The van der Waals surface area contributed by atoms with Gasteiger partial charge in [0.15, 0.2) is 0 Å². The van der Waals surface area contributed by atoms with Gasteiger partial charge in [0.1, 0.15) is 0 Å². The normalized spacial score (nSPS) is 9.71. The van der Waals surface area contributed by atoms with Crippen LogP contribution in [0.4, 0.5) is 0 Å². The highest BCUT2D eigenvalue weighted by atomic mass is 16.2. The monoisotopic (exact) mass is 192 g/mol. The van der Waals surface area contributed by atoms with Gasteiger partial charge in [-0.25, -0.2) is 0 Å². The van der Waals surface area contributed by atoms with Gasteiger partial charge >= 0.3 is 11.1 Å². The van der Waals surface area contributed by atoms with Crippen molar-refractivity contribution in [1.29, 1.82) is 0 Å². The van der Waals surface area contributed by atoms with Gasteiger partial charge in [-0.15, -0.1) is 13.2 Å². The Bertz CT molecular complexity index is 411. The number of hydrogen-bond donors (Lipinski definition) is 0. The smallest absolute Gasteiger partial charge is 0.306 e. The number of nitrogens with zero attached hydrogens (tertiary/aromatic N) is 2. The van der Waals surface area contributed by atoms with Crippen molar-refractivity contribution in [3.8, 4) is 0 Å². The maximum absolute atomic E-state index is 11.4. The Morgan fingerprint density at radius 1 is 1.00 bits per heavy atom. The summed E-state index contributed by atoms with van der Waals surface area (Å²) < 4.78 is 2.63. The Morgan fingerprint density at radius 2 is 1.36 bits per heavy atom. The summed E-state index contributed by atoms with van der Waals surface area (Å²) in [6, 6.07) is 0. The molecule has 0 aliphatic rings. The fourth-order valence-corrected chi connectivity index (χ4v) is 1.11. The van der Waals surface area contributed by atoms with Gasteiger partial charge in [0.2, 0.25) is 0 Å². The first kappa shape index (κ1) is 10.2. The third kappa shape index (κ3) is 1.90. The summed E-state index contributed by atoms with van der Waals surface area (Å²) in [7, 11) is 0. The lowest BCUT2D eigenvalue weighted by molar-refractivity contribution is 0.681. The summed E-state index contributed by atoms with van der Waals surface area (Å²) in [6.07, 6.45) is 6.27. The number of aromatic nitrogens is 2. The molecule has 4 nitrogen and oxygen atoms in total. The zero-order chi connectivity index (χ0) is 10.6. The van der Waals surface area contributed by atoms with Gasteiger partial charge in [0.05, 0.1) is 0 Å². The average Bonchev–Trinajstić information content (AvgIpc) is 2.18. The third-order valence-corrected chi connectivity index (χ3v) is 1.78. The Morgan fingerprint density at radius 3 is 1.64 bits per heavy atom. The van der Waals surface area contributed by atoms with Crippen molar-refractivity contribution in [3.63, 3.8) is 0 Å². The minimum Gasteiger partial charge on any atom is -0.306 e. The van der Waals surface area contributed by atoms with Crippen molar-refractivity contribution in [1.82, 2.24) is 9.13 Å². The molecule has 0 unspecified atom stereocenters. The Labute approximate surface area is 81.4 Å². The maximum Gasteiger partial charge on any atom is 0.316 e. The lowest BCUT2D eigenvalue weighted by atomic mass is 10.5. The maximum atomic E-state index is 11.4. The quantitative estimate of drug-likeness (QED) is 0.511. The number of allylic oxidation sites excluding steroid dienone is 2. The molecule has 0 amide bonds. The van der Waals surface area contributed by atoms with Gasteiger partial charge in [-0.1, -0.05) is 12.2 Å². The molecule has 1 aromatic rings. The van der Waals surface area contributed by atoms with Gasteiger partial charge < -0.3 is 9.13 Å². The highest BCUT2D eigenvalue weighted by Crippen LogP contribution is 1.82. The molecule has 74 valence electrons. The molecule has 0 atom stereocenters. The molecule has 4 heteroatoms. The molecule has 14 heavy (non-hydrogen) atoms. The molecule has 0 radical (unpaired) electrons. The number of rotatable bonds is 4. The molecule has 0 fully saturated rings. The van der Waals surface area contributed by atoms with Crippen LogP contribution >= 0.6 is 0 Å². The Kier molecular flexibility index (Phi) is 3.23. The first-order valence-electron chi connectivity index (χ1n) is 4.22. The highest BCUT2D eigenvalue weighted by molar-refractivity contribution is 4.89. The van der Waals surface area contributed by atoms with Crippen LogP contribution in [0.5, 0.6) is 0 Å². The predicted molar refractivity (Wildman–Crippen MR) is 55.4 cm³/mol. The molecule has 1 aromatic heterocycles. The van der Waals surface area contributed by atoms with E-state index in [9.17, 15) is 9.59 Å². The van der Waals surface area contributed by atoms with Crippen molar-refractivity contribution in [2.75, 3.05) is 0 Å². The molecule has 1 heterocycles. The summed E-state index contributed by atoms with van der Waals surface area (Å²) in [4.78, 5) is 22.8. The van der Waals surface area contributed by atoms with Crippen LogP contribution in [-0.4, -0.2) is 9.13 Å². The largest absolute Gasteiger partial charge is 0.316 e. The van der Waals surface area contributed by atoms with Crippen molar-refractivity contribution in [3.05, 3.63) is 58.4 Å². The molecule has 0 aromatic carbocycles. The van der Waals surface area contributed by atoms with E-state index in [2.05, 4.69) is 13.2 Å². The average molecular weight is 192 g/mol. The van der Waals surface area contributed by atoms with Crippen LogP contribution < -0.4 is 11.1 Å². The summed E-state index contributed by atoms with van der Waals surface area (Å²) in [6.45, 7) is 7.70. The molecular weight excluding hydrogens is 180 g/mol. The molecule has 0 N–H and O–H groups in total. The van der Waals surface area contributed by atoms with Crippen LogP contribution in [0.15, 0.2) is 47.3 Å². The van der Waals surface area contributed by atoms with E-state index in [4.69, 9.17) is 0 Å². The second-order valence-electron chi connectivity index (χ2n) is 2.79. The van der Waals surface area contributed by atoms with E-state index in [1.54, 1.807) is 24.5 Å². The van der Waals surface area contributed by atoms with E-state index in [0.717, 1.165) is 0 Å². The van der Waals surface area contributed by atoms with Crippen molar-refractivity contribution in [2.45, 2.75) is 13.1 Å². The van der Waals surface area contributed by atoms with E-state index in [0.29, 0.717) is 13.1 Å². The molecular formula is C10H12N2O2. The van der Waals surface area contributed by atoms with E-state index < -0.39 is 11.1 Å². The summed E-state index contributed by atoms with van der Waals surface area (Å²) >= 11 is 0. The van der Waals surface area contributed by atoms with E-state index in [1.807, 2.05) is 0 Å². The van der Waals surface area contributed by atoms with Crippen LogP contribution in [0.25, 0.3) is 0 Å². The minimum absolute atomic E-state index is 0.350. The van der Waals surface area contributed by atoms with E-state index in [1.165, 1.54) is 9.13 Å². The summed E-state index contributed by atoms with van der Waals surface area (Å²) in [5, 5.41) is 0. The van der Waals surface area contributed by atoms with Gasteiger partial charge in [-0.3, -0.25) is 9.59 Å². The van der Waals surface area contributed by atoms with E-state index in [-0.39, 0.29) is 0 Å². The Hall–Kier alpha value is -1.84. The van der Waals surface area contributed by atoms with Gasteiger partial charge in [0.25, 0.3) is 0 Å². The van der Waals surface area contributed by atoms with Crippen LogP contribution in [0.3, 0.4) is 0 Å². The van der Waals surface area contributed by atoms with Gasteiger partial charge in [-0.05, 0) is 0 Å². The summed E-state index contributed by atoms with van der Waals surface area (Å²) in [5.41, 5.74) is -1.07. The zero-order valence-corrected chi connectivity index (χ0v) is 7.85. The fourth-order valence-electron chi connectivity index (χ4n) is 1.11. The molecule has 0 bridgehead atoms. The predicted octanol–water partition coefficient (Wildman–Crippen LogP) is 0.382. The first-order chi connectivity index (χ1) is 6.70. The van der Waals surface area contributed by atoms with Gasteiger partial charge in [0, 0.05) is 25.5 Å². The third-order valence-electron chi connectivity index (χ3n) is 1.78. The van der Waals surface area contributed by atoms with Crippen LogP contribution in [0.1, 0.15) is 0 Å². The molecule has 0 aliphatic carbocycles. The van der Waals surface area contributed by atoms with Crippen molar-refractivity contribution >= 4 is 0 Å². The number of hydrogen-bond acceptors (Lipinski definition) is 2. The lowest BCUT2D eigenvalue weighted by Gasteiger charge is -2.04. The molecule has 0 aliphatic heterocycles. The summed E-state index contributed by atoms with van der Waals surface area (Å²) in [5.74, 6) is 0. The highest BCUT2D eigenvalue weighted by Gasteiger charge is 2.01. The molecule has 1 rings (SSSR count). The molecule has 0 saturated heterocycles. The fraction of sp³-hybridized carbons (Fsp3) is 0.200.